The first-order valence-electron chi connectivity index (χ1n) is 28.7. The highest BCUT2D eigenvalue weighted by Crippen LogP contribution is 2.44. The minimum absolute atomic E-state index is 0.00499. The van der Waals surface area contributed by atoms with Crippen molar-refractivity contribution in [3.8, 4) is 33.9 Å². The number of likely N-dealkylation sites (N-methyl/N-ethyl adjacent to an activating group) is 2. The van der Waals surface area contributed by atoms with Gasteiger partial charge < -0.3 is 54.7 Å². The van der Waals surface area contributed by atoms with Crippen LogP contribution in [0.15, 0.2) is 78.7 Å². The number of carboxylic acid groups (broad SMARTS) is 1. The zero-order chi connectivity index (χ0) is 60.3. The van der Waals surface area contributed by atoms with Crippen molar-refractivity contribution in [2.24, 2.45) is 5.92 Å². The number of hydrogen-bond acceptors (Lipinski definition) is 15. The number of fused-ring (bicyclic) bond motifs is 2. The molecular weight excluding hydrogens is 1140 g/mol. The molecule has 3 atom stereocenters. The minimum atomic E-state index is -1.22. The summed E-state index contributed by atoms with van der Waals surface area (Å²) in [7, 11) is 3.01. The maximum absolute atomic E-state index is 16.6. The van der Waals surface area contributed by atoms with Gasteiger partial charge in [-0.05, 0) is 80.3 Å². The number of hydrogen-bond donors (Lipinski definition) is 4. The number of thiazole rings is 1. The van der Waals surface area contributed by atoms with Gasteiger partial charge in [-0.25, -0.2) is 23.5 Å². The Morgan fingerprint density at radius 2 is 1.59 bits per heavy atom. The van der Waals surface area contributed by atoms with Crippen molar-refractivity contribution >= 4 is 86.1 Å². The van der Waals surface area contributed by atoms with E-state index in [2.05, 4.69) is 22.2 Å². The molecule has 2 aromatic heterocycles. The van der Waals surface area contributed by atoms with E-state index in [0.29, 0.717) is 64.0 Å². The summed E-state index contributed by atoms with van der Waals surface area (Å²) in [4.78, 5) is 87.1. The number of ether oxygens (including phenoxy) is 3. The third kappa shape index (κ3) is 14.3. The number of amides is 5. The topological polar surface area (TPSA) is 232 Å². The number of halogens is 3. The number of phenols is 1. The van der Waals surface area contributed by atoms with Crippen molar-refractivity contribution in [1.82, 2.24) is 39.9 Å². The number of likely N-dealkylation sites (tertiary alicyclic amines) is 1. The van der Waals surface area contributed by atoms with E-state index in [-0.39, 0.29) is 89.9 Å². The number of nitrogens with one attached hydrogen (secondary N) is 2. The number of aromatic nitrogens is 3. The van der Waals surface area contributed by atoms with Gasteiger partial charge in [0.25, 0.3) is 0 Å². The highest BCUT2D eigenvalue weighted by Gasteiger charge is 2.41. The van der Waals surface area contributed by atoms with Gasteiger partial charge in [-0.3, -0.25) is 24.1 Å². The van der Waals surface area contributed by atoms with Crippen LogP contribution in [0.1, 0.15) is 69.3 Å². The summed E-state index contributed by atoms with van der Waals surface area (Å²) >= 11 is 8.11. The van der Waals surface area contributed by atoms with E-state index in [0.717, 1.165) is 82.9 Å². The first-order chi connectivity index (χ1) is 41.0. The first kappa shape index (κ1) is 61.8. The molecule has 6 aromatic rings. The molecule has 2 saturated heterocycles. The molecule has 2 aliphatic heterocycles. The molecular formula is C61H71ClF2N10O10S. The average molecular weight is 1210 g/mol. The average Bonchev–Trinajstić information content (AvgIpc) is 1.52. The molecule has 4 heterocycles. The number of aromatic hydroxyl groups is 1. The quantitative estimate of drug-likeness (QED) is 0.0327. The Kier molecular flexibility index (Phi) is 20.7. The summed E-state index contributed by atoms with van der Waals surface area (Å²) in [6.07, 6.45) is 6.23. The zero-order valence-corrected chi connectivity index (χ0v) is 49.4. The lowest BCUT2D eigenvalue weighted by atomic mass is 9.83. The number of rotatable bonds is 24. The number of benzene rings is 4. The highest BCUT2D eigenvalue weighted by atomic mass is 35.5. The molecule has 1 saturated carbocycles. The summed E-state index contributed by atoms with van der Waals surface area (Å²) in [5, 5.41) is 30.8. The van der Waals surface area contributed by atoms with Crippen LogP contribution in [0.4, 0.5) is 25.3 Å². The highest BCUT2D eigenvalue weighted by molar-refractivity contribution is 7.10. The van der Waals surface area contributed by atoms with Gasteiger partial charge in [0.1, 0.15) is 52.3 Å². The summed E-state index contributed by atoms with van der Waals surface area (Å²) in [5.74, 6) is -2.44. The smallest absolute Gasteiger partial charge is 0.407 e. The first-order valence-corrected chi connectivity index (χ1v) is 29.9. The zero-order valence-electron chi connectivity index (χ0n) is 47.9. The lowest BCUT2D eigenvalue weighted by molar-refractivity contribution is -0.140. The van der Waals surface area contributed by atoms with E-state index >= 15 is 8.78 Å². The van der Waals surface area contributed by atoms with Crippen molar-refractivity contribution in [2.45, 2.75) is 76.4 Å². The van der Waals surface area contributed by atoms with Crippen molar-refractivity contribution in [3.63, 3.8) is 0 Å². The van der Waals surface area contributed by atoms with Crippen molar-refractivity contribution in [2.75, 3.05) is 103 Å². The molecule has 0 bridgehead atoms. The van der Waals surface area contributed by atoms with E-state index in [1.807, 2.05) is 51.6 Å². The van der Waals surface area contributed by atoms with Gasteiger partial charge in [0.2, 0.25) is 29.6 Å². The molecule has 85 heavy (non-hydrogen) atoms. The Labute approximate surface area is 500 Å². The van der Waals surface area contributed by atoms with Crippen LogP contribution in [0.2, 0.25) is 5.02 Å². The fraction of sp³-hybridized carbons (Fsp3) is 0.443. The van der Waals surface area contributed by atoms with Gasteiger partial charge in [0, 0.05) is 93.6 Å². The molecule has 452 valence electrons. The van der Waals surface area contributed by atoms with Gasteiger partial charge in [-0.15, -0.1) is 11.3 Å². The molecule has 3 fully saturated rings. The second kappa shape index (κ2) is 28.4. The fourth-order valence-corrected chi connectivity index (χ4v) is 12.5. The minimum Gasteiger partial charge on any atom is -0.507 e. The van der Waals surface area contributed by atoms with Crippen LogP contribution in [-0.4, -0.2) is 180 Å². The van der Waals surface area contributed by atoms with E-state index in [9.17, 15) is 34.2 Å². The molecule has 4 aromatic carbocycles. The lowest BCUT2D eigenvalue weighted by Crippen LogP contribution is -2.56. The molecule has 0 unspecified atom stereocenters. The molecule has 3 aliphatic rings. The summed E-state index contributed by atoms with van der Waals surface area (Å²) in [6.45, 7) is 8.83. The molecule has 4 N–H and O–H groups in total. The third-order valence-electron chi connectivity index (χ3n) is 16.1. The SMILES string of the molecule is C=CC(=O)N1CCN(c2nc(NCCC(=O)N(C)CCOCCOCCOc3ccc(-c4csc([C@@H]5CCCN5C(=O)[C@@H](NC(=O)[C@H](C)N(C)C(=O)O)C5CCCCC5)n4)c4ccccc34)nc3c(F)c(-c4c(O)cccc4F)c(Cl)cc23)CC1. The Balaban J connectivity index is 0.733. The van der Waals surface area contributed by atoms with Crippen molar-refractivity contribution < 1.29 is 57.2 Å². The van der Waals surface area contributed by atoms with Crippen LogP contribution >= 0.6 is 22.9 Å². The Hall–Kier alpha value is -7.73. The van der Waals surface area contributed by atoms with Crippen LogP contribution in [0.5, 0.6) is 11.5 Å². The van der Waals surface area contributed by atoms with Gasteiger partial charge in [0.15, 0.2) is 5.82 Å². The Bertz CT molecular complexity index is 3400. The monoisotopic (exact) mass is 1210 g/mol. The van der Waals surface area contributed by atoms with Crippen molar-refractivity contribution in [1.29, 1.82) is 0 Å². The normalized spacial score (nSPS) is 16.3. The maximum atomic E-state index is 16.6. The van der Waals surface area contributed by atoms with Gasteiger partial charge in [-0.2, -0.15) is 4.98 Å². The standard InChI is InChI=1S/C61H71ClF2N10O10S/c1-5-49(76)72-25-27-73(28-26-72)56-42-35-43(62)51(52-44(63)17-11-19-47(52)75)53(64)55(42)68-60(69-56)65-23-22-50(77)70(3)29-30-82-31-32-83-33-34-84-48-21-20-40(39-15-9-10-16-41(39)48)45-36-85-58(66-45)46-18-12-24-74(46)59(79)54(38-13-7-6-8-14-38)67-57(78)37(2)71(4)61(80)81/h5,9-11,15-17,19-21,35-38,46,54,75H,1,6-8,12-14,18,22-34H2,2-4H3,(H,67,78)(H,80,81)(H,65,68,69)/t37-,46-,54-/m0/s1. The number of carbonyl (C=O) groups excluding carboxylic acids is 4. The van der Waals surface area contributed by atoms with E-state index in [1.165, 1.54) is 54.5 Å². The van der Waals surface area contributed by atoms with Crippen LogP contribution in [0.25, 0.3) is 44.1 Å². The van der Waals surface area contributed by atoms with E-state index in [1.54, 1.807) is 11.9 Å². The summed E-state index contributed by atoms with van der Waals surface area (Å²) in [6, 6.07) is 14.9. The Morgan fingerprint density at radius 1 is 0.859 bits per heavy atom. The molecule has 5 amide bonds. The molecule has 0 radical (unpaired) electrons. The largest absolute Gasteiger partial charge is 0.507 e. The van der Waals surface area contributed by atoms with Gasteiger partial charge >= 0.3 is 6.09 Å². The molecule has 1 aliphatic carbocycles. The number of carbonyl (C=O) groups is 5. The predicted octanol–water partition coefficient (Wildman–Crippen LogP) is 9.14. The molecule has 20 nitrogen and oxygen atoms in total. The number of anilines is 2. The summed E-state index contributed by atoms with van der Waals surface area (Å²) in [5.41, 5.74) is 0.742. The second-order valence-electron chi connectivity index (χ2n) is 21.4. The third-order valence-corrected chi connectivity index (χ3v) is 17.3. The van der Waals surface area contributed by atoms with Crippen LogP contribution in [-0.2, 0) is 28.7 Å². The summed E-state index contributed by atoms with van der Waals surface area (Å²) < 4.78 is 49.4. The van der Waals surface area contributed by atoms with Crippen LogP contribution < -0.4 is 20.3 Å². The lowest BCUT2D eigenvalue weighted by Gasteiger charge is -2.35. The fourth-order valence-electron chi connectivity index (χ4n) is 11.2. The molecule has 0 spiro atoms. The second-order valence-corrected chi connectivity index (χ2v) is 22.7. The van der Waals surface area contributed by atoms with E-state index in [4.69, 9.17) is 35.8 Å². The van der Waals surface area contributed by atoms with Crippen LogP contribution in [0.3, 0.4) is 0 Å². The predicted molar refractivity (Wildman–Crippen MR) is 321 cm³/mol. The maximum Gasteiger partial charge on any atom is 0.407 e. The van der Waals surface area contributed by atoms with Gasteiger partial charge in [0.05, 0.1) is 48.7 Å². The van der Waals surface area contributed by atoms with Crippen LogP contribution in [0, 0.1) is 17.6 Å². The Morgan fingerprint density at radius 3 is 2.32 bits per heavy atom. The van der Waals surface area contributed by atoms with E-state index < -0.39 is 47.0 Å². The van der Waals surface area contributed by atoms with Crippen molar-refractivity contribution in [3.05, 3.63) is 100 Å². The number of phenolic OH excluding ortho intramolecular Hbond substituents is 1. The van der Waals surface area contributed by atoms with Gasteiger partial charge in [-0.1, -0.05) is 67.8 Å². The number of nitrogens with zero attached hydrogens (tertiary/aromatic N) is 8. The molecule has 9 rings (SSSR count). The molecule has 24 heteroatoms. The number of piperazine rings is 1.